The molecule has 1 aromatic carbocycles. The topological polar surface area (TPSA) is 50.4 Å². The Kier molecular flexibility index (Phi) is 4.22. The summed E-state index contributed by atoms with van der Waals surface area (Å²) in [7, 11) is 0. The average molecular weight is 292 g/mol. The second-order valence-electron chi connectivity index (χ2n) is 5.94. The molecule has 2 aliphatic rings. The lowest BCUT2D eigenvalue weighted by Gasteiger charge is -2.37. The van der Waals surface area contributed by atoms with Gasteiger partial charge < -0.3 is 15.4 Å². The van der Waals surface area contributed by atoms with Gasteiger partial charge in [-0.05, 0) is 30.5 Å². The van der Waals surface area contributed by atoms with Gasteiger partial charge in [-0.1, -0.05) is 12.1 Å². The SMILES string of the molecule is O=C(NCC1CNC1)C1(c2cccc(F)c2)CCOCC1. The Morgan fingerprint density at radius 1 is 1.38 bits per heavy atom. The molecular weight excluding hydrogens is 271 g/mol. The molecule has 1 aromatic rings. The van der Waals surface area contributed by atoms with Crippen LogP contribution in [0.15, 0.2) is 24.3 Å². The van der Waals surface area contributed by atoms with Crippen LogP contribution in [-0.2, 0) is 14.9 Å². The van der Waals surface area contributed by atoms with Crippen molar-refractivity contribution in [3.63, 3.8) is 0 Å². The molecule has 1 amide bonds. The summed E-state index contributed by atoms with van der Waals surface area (Å²) < 4.78 is 19.0. The number of halogens is 1. The van der Waals surface area contributed by atoms with Gasteiger partial charge in [0.05, 0.1) is 5.41 Å². The zero-order valence-corrected chi connectivity index (χ0v) is 12.0. The quantitative estimate of drug-likeness (QED) is 0.877. The molecule has 0 atom stereocenters. The molecule has 4 nitrogen and oxygen atoms in total. The van der Waals surface area contributed by atoms with E-state index in [1.807, 2.05) is 6.07 Å². The van der Waals surface area contributed by atoms with Gasteiger partial charge in [0, 0.05) is 38.8 Å². The van der Waals surface area contributed by atoms with E-state index in [0.717, 1.165) is 18.7 Å². The highest BCUT2D eigenvalue weighted by atomic mass is 19.1. The Morgan fingerprint density at radius 2 is 2.14 bits per heavy atom. The second-order valence-corrected chi connectivity index (χ2v) is 5.94. The maximum atomic E-state index is 13.6. The van der Waals surface area contributed by atoms with Gasteiger partial charge in [0.15, 0.2) is 0 Å². The van der Waals surface area contributed by atoms with E-state index >= 15 is 0 Å². The van der Waals surface area contributed by atoms with Crippen LogP contribution in [-0.4, -0.2) is 38.8 Å². The minimum atomic E-state index is -0.655. The van der Waals surface area contributed by atoms with Crippen LogP contribution in [0.5, 0.6) is 0 Å². The van der Waals surface area contributed by atoms with Crippen LogP contribution in [0.1, 0.15) is 18.4 Å². The molecule has 0 radical (unpaired) electrons. The minimum absolute atomic E-state index is 0.00306. The normalized spacial score (nSPS) is 21.6. The molecule has 2 N–H and O–H groups in total. The Hall–Kier alpha value is -1.46. The fraction of sp³-hybridized carbons (Fsp3) is 0.562. The molecule has 2 fully saturated rings. The third-order valence-corrected chi connectivity index (χ3v) is 4.58. The number of rotatable bonds is 4. The monoisotopic (exact) mass is 292 g/mol. The van der Waals surface area contributed by atoms with Crippen molar-refractivity contribution < 1.29 is 13.9 Å². The van der Waals surface area contributed by atoms with Crippen LogP contribution < -0.4 is 10.6 Å². The van der Waals surface area contributed by atoms with Crippen molar-refractivity contribution >= 4 is 5.91 Å². The largest absolute Gasteiger partial charge is 0.381 e. The number of ether oxygens (including phenoxy) is 1. The lowest BCUT2D eigenvalue weighted by atomic mass is 9.73. The van der Waals surface area contributed by atoms with Crippen LogP contribution in [0.3, 0.4) is 0 Å². The minimum Gasteiger partial charge on any atom is -0.381 e. The maximum Gasteiger partial charge on any atom is 0.230 e. The van der Waals surface area contributed by atoms with E-state index in [9.17, 15) is 9.18 Å². The summed E-state index contributed by atoms with van der Waals surface area (Å²) in [5.74, 6) is 0.219. The highest BCUT2D eigenvalue weighted by Gasteiger charge is 2.42. The first-order valence-electron chi connectivity index (χ1n) is 7.53. The predicted molar refractivity (Wildman–Crippen MR) is 77.5 cm³/mol. The summed E-state index contributed by atoms with van der Waals surface area (Å²) in [6.45, 7) is 3.67. The third kappa shape index (κ3) is 2.94. The zero-order chi connectivity index (χ0) is 14.7. The molecule has 0 bridgehead atoms. The van der Waals surface area contributed by atoms with E-state index in [1.165, 1.54) is 12.1 Å². The maximum absolute atomic E-state index is 13.6. The van der Waals surface area contributed by atoms with E-state index < -0.39 is 5.41 Å². The van der Waals surface area contributed by atoms with Gasteiger partial charge in [-0.2, -0.15) is 0 Å². The summed E-state index contributed by atoms with van der Waals surface area (Å²) in [6.07, 6.45) is 1.20. The Bertz CT molecular complexity index is 511. The van der Waals surface area contributed by atoms with E-state index in [1.54, 1.807) is 6.07 Å². The third-order valence-electron chi connectivity index (χ3n) is 4.58. The van der Waals surface area contributed by atoms with Gasteiger partial charge in [-0.25, -0.2) is 4.39 Å². The molecule has 2 heterocycles. The highest BCUT2D eigenvalue weighted by molar-refractivity contribution is 5.88. The number of nitrogens with one attached hydrogen (secondary N) is 2. The predicted octanol–water partition coefficient (Wildman–Crippen LogP) is 1.21. The van der Waals surface area contributed by atoms with Crippen LogP contribution in [0.2, 0.25) is 0 Å². The smallest absolute Gasteiger partial charge is 0.230 e. The Morgan fingerprint density at radius 3 is 2.76 bits per heavy atom. The van der Waals surface area contributed by atoms with Crippen LogP contribution >= 0.6 is 0 Å². The Labute approximate surface area is 124 Å². The summed E-state index contributed by atoms with van der Waals surface area (Å²) in [6, 6.07) is 6.41. The summed E-state index contributed by atoms with van der Waals surface area (Å²) in [5.41, 5.74) is 0.104. The molecule has 3 rings (SSSR count). The molecular formula is C16H21FN2O2. The summed E-state index contributed by atoms with van der Waals surface area (Å²) in [4.78, 5) is 12.8. The molecule has 114 valence electrons. The number of benzene rings is 1. The van der Waals surface area contributed by atoms with Crippen LogP contribution in [0, 0.1) is 11.7 Å². The van der Waals surface area contributed by atoms with E-state index in [-0.39, 0.29) is 11.7 Å². The number of hydrogen-bond acceptors (Lipinski definition) is 3. The summed E-state index contributed by atoms with van der Waals surface area (Å²) >= 11 is 0. The van der Waals surface area contributed by atoms with Gasteiger partial charge in [0.2, 0.25) is 5.91 Å². The molecule has 5 heteroatoms. The standard InChI is InChI=1S/C16H21FN2O2/c17-14-3-1-2-13(8-14)16(4-6-21-7-5-16)15(20)19-11-12-9-18-10-12/h1-3,8,12,18H,4-7,9-11H2,(H,19,20). The van der Waals surface area contributed by atoms with Crippen molar-refractivity contribution in [1.29, 1.82) is 0 Å². The first kappa shape index (κ1) is 14.5. The number of carbonyl (C=O) groups is 1. The van der Waals surface area contributed by atoms with Crippen molar-refractivity contribution in [2.24, 2.45) is 5.92 Å². The fourth-order valence-electron chi connectivity index (χ4n) is 3.05. The average Bonchev–Trinajstić information content (AvgIpc) is 2.46. The second kappa shape index (κ2) is 6.12. The van der Waals surface area contributed by atoms with Crippen molar-refractivity contribution in [3.05, 3.63) is 35.6 Å². The highest BCUT2D eigenvalue weighted by Crippen LogP contribution is 2.35. The van der Waals surface area contributed by atoms with Gasteiger partial charge in [-0.3, -0.25) is 4.79 Å². The van der Waals surface area contributed by atoms with Crippen molar-refractivity contribution in [3.8, 4) is 0 Å². The molecule has 0 aromatic heterocycles. The number of amides is 1. The van der Waals surface area contributed by atoms with Gasteiger partial charge in [0.25, 0.3) is 0 Å². The summed E-state index contributed by atoms with van der Waals surface area (Å²) in [5, 5.41) is 6.25. The Balaban J connectivity index is 1.79. The lowest BCUT2D eigenvalue weighted by molar-refractivity contribution is -0.130. The molecule has 2 aliphatic heterocycles. The van der Waals surface area contributed by atoms with Gasteiger partial charge in [0.1, 0.15) is 5.82 Å². The fourth-order valence-corrected chi connectivity index (χ4v) is 3.05. The molecule has 0 unspecified atom stereocenters. The van der Waals surface area contributed by atoms with Crippen molar-refractivity contribution in [2.45, 2.75) is 18.3 Å². The molecule has 2 saturated heterocycles. The van der Waals surface area contributed by atoms with Gasteiger partial charge >= 0.3 is 0 Å². The lowest BCUT2D eigenvalue weighted by Crippen LogP contribution is -2.53. The molecule has 0 aliphatic carbocycles. The van der Waals surface area contributed by atoms with Crippen molar-refractivity contribution in [1.82, 2.24) is 10.6 Å². The van der Waals surface area contributed by atoms with Crippen LogP contribution in [0.4, 0.5) is 4.39 Å². The zero-order valence-electron chi connectivity index (χ0n) is 12.0. The van der Waals surface area contributed by atoms with E-state index in [4.69, 9.17) is 4.74 Å². The van der Waals surface area contributed by atoms with Crippen molar-refractivity contribution in [2.75, 3.05) is 32.8 Å². The van der Waals surface area contributed by atoms with Gasteiger partial charge in [-0.15, -0.1) is 0 Å². The van der Waals surface area contributed by atoms with Crippen LogP contribution in [0.25, 0.3) is 0 Å². The number of hydrogen-bond donors (Lipinski definition) is 2. The first-order valence-corrected chi connectivity index (χ1v) is 7.53. The number of carbonyl (C=O) groups excluding carboxylic acids is 1. The first-order chi connectivity index (χ1) is 10.2. The van der Waals surface area contributed by atoms with E-state index in [0.29, 0.717) is 38.5 Å². The molecule has 0 saturated carbocycles. The van der Waals surface area contributed by atoms with E-state index in [2.05, 4.69) is 10.6 Å². The molecule has 21 heavy (non-hydrogen) atoms. The molecule has 0 spiro atoms.